The van der Waals surface area contributed by atoms with Crippen molar-refractivity contribution in [2.75, 3.05) is 12.9 Å². The molecule has 0 saturated carbocycles. The SMILES string of the molecule is COc1ccc(-n2c(SCC(=O)N/N=C(/C)c3ccc(Cl)cc3)nnc2-c2ccccc2)cc1. The van der Waals surface area contributed by atoms with Crippen molar-refractivity contribution >= 4 is 35.0 Å². The maximum atomic E-state index is 12.5. The Balaban J connectivity index is 1.52. The van der Waals surface area contributed by atoms with Gasteiger partial charge in [0.05, 0.1) is 18.6 Å². The Labute approximate surface area is 206 Å². The number of carbonyl (C=O) groups is 1. The first-order chi connectivity index (χ1) is 16.5. The highest BCUT2D eigenvalue weighted by Gasteiger charge is 2.17. The number of halogens is 1. The van der Waals surface area contributed by atoms with Gasteiger partial charge in [0.15, 0.2) is 11.0 Å². The molecule has 34 heavy (non-hydrogen) atoms. The molecule has 0 atom stereocenters. The minimum atomic E-state index is -0.246. The predicted molar refractivity (Wildman–Crippen MR) is 136 cm³/mol. The molecule has 1 N–H and O–H groups in total. The number of benzene rings is 3. The fourth-order valence-corrected chi connectivity index (χ4v) is 4.04. The largest absolute Gasteiger partial charge is 0.497 e. The number of ether oxygens (including phenoxy) is 1. The molecule has 0 aliphatic carbocycles. The van der Waals surface area contributed by atoms with Gasteiger partial charge in [-0.2, -0.15) is 5.10 Å². The van der Waals surface area contributed by atoms with E-state index < -0.39 is 0 Å². The lowest BCUT2D eigenvalue weighted by Gasteiger charge is -2.11. The Kier molecular flexibility index (Phi) is 7.61. The second kappa shape index (κ2) is 11.0. The van der Waals surface area contributed by atoms with E-state index >= 15 is 0 Å². The molecule has 0 bridgehead atoms. The van der Waals surface area contributed by atoms with Crippen LogP contribution < -0.4 is 10.2 Å². The van der Waals surface area contributed by atoms with Crippen LogP contribution in [0.2, 0.25) is 5.02 Å². The third-order valence-corrected chi connectivity index (χ3v) is 6.12. The van der Waals surface area contributed by atoms with Crippen molar-refractivity contribution in [2.45, 2.75) is 12.1 Å². The van der Waals surface area contributed by atoms with Crippen molar-refractivity contribution in [2.24, 2.45) is 5.10 Å². The number of methoxy groups -OCH3 is 1. The molecule has 7 nitrogen and oxygen atoms in total. The van der Waals surface area contributed by atoms with Crippen LogP contribution in [0.4, 0.5) is 0 Å². The summed E-state index contributed by atoms with van der Waals surface area (Å²) in [5, 5.41) is 14.2. The summed E-state index contributed by atoms with van der Waals surface area (Å²) in [5.74, 6) is 1.32. The normalized spacial score (nSPS) is 11.3. The molecule has 0 radical (unpaired) electrons. The third-order valence-electron chi connectivity index (χ3n) is 4.94. The van der Waals surface area contributed by atoms with E-state index in [9.17, 15) is 4.79 Å². The Morgan fingerprint density at radius 1 is 1.03 bits per heavy atom. The van der Waals surface area contributed by atoms with Gasteiger partial charge in [0, 0.05) is 16.3 Å². The van der Waals surface area contributed by atoms with E-state index in [0.29, 0.717) is 21.7 Å². The fraction of sp³-hybridized carbons (Fsp3) is 0.120. The van der Waals surface area contributed by atoms with Gasteiger partial charge in [0.1, 0.15) is 5.75 Å². The van der Waals surface area contributed by atoms with E-state index in [1.807, 2.05) is 78.2 Å². The van der Waals surface area contributed by atoms with Crippen LogP contribution in [-0.2, 0) is 4.79 Å². The minimum Gasteiger partial charge on any atom is -0.497 e. The summed E-state index contributed by atoms with van der Waals surface area (Å²) in [6, 6.07) is 24.7. The number of nitrogens with zero attached hydrogens (tertiary/aromatic N) is 4. The van der Waals surface area contributed by atoms with Crippen LogP contribution in [0.3, 0.4) is 0 Å². The van der Waals surface area contributed by atoms with E-state index in [2.05, 4.69) is 20.7 Å². The molecule has 1 heterocycles. The molecular weight excluding hydrogens is 470 g/mol. The number of hydrogen-bond donors (Lipinski definition) is 1. The van der Waals surface area contributed by atoms with Gasteiger partial charge >= 0.3 is 0 Å². The van der Waals surface area contributed by atoms with Crippen molar-refractivity contribution in [3.63, 3.8) is 0 Å². The first-order valence-corrected chi connectivity index (χ1v) is 11.8. The van der Waals surface area contributed by atoms with Crippen LogP contribution in [0.25, 0.3) is 17.1 Å². The summed E-state index contributed by atoms with van der Waals surface area (Å²) < 4.78 is 7.20. The zero-order chi connectivity index (χ0) is 23.9. The van der Waals surface area contributed by atoms with Crippen molar-refractivity contribution in [3.05, 3.63) is 89.4 Å². The summed E-state index contributed by atoms with van der Waals surface area (Å²) in [7, 11) is 1.63. The number of thioether (sulfide) groups is 1. The van der Waals surface area contributed by atoms with Gasteiger partial charge in [-0.25, -0.2) is 5.43 Å². The van der Waals surface area contributed by atoms with Crippen LogP contribution in [0.5, 0.6) is 5.75 Å². The summed E-state index contributed by atoms with van der Waals surface area (Å²) in [4.78, 5) is 12.5. The fourth-order valence-electron chi connectivity index (χ4n) is 3.17. The highest BCUT2D eigenvalue weighted by atomic mass is 35.5. The molecule has 0 spiro atoms. The molecule has 0 saturated heterocycles. The van der Waals surface area contributed by atoms with E-state index in [-0.39, 0.29) is 11.7 Å². The lowest BCUT2D eigenvalue weighted by molar-refractivity contribution is -0.118. The lowest BCUT2D eigenvalue weighted by Crippen LogP contribution is -2.21. The summed E-state index contributed by atoms with van der Waals surface area (Å²) in [6.45, 7) is 1.82. The smallest absolute Gasteiger partial charge is 0.250 e. The van der Waals surface area contributed by atoms with Crippen molar-refractivity contribution < 1.29 is 9.53 Å². The second-order valence-electron chi connectivity index (χ2n) is 7.23. The molecule has 3 aromatic carbocycles. The number of hydrazone groups is 1. The van der Waals surface area contributed by atoms with Gasteiger partial charge in [0.2, 0.25) is 0 Å². The number of amides is 1. The average molecular weight is 492 g/mol. The highest BCUT2D eigenvalue weighted by Crippen LogP contribution is 2.28. The van der Waals surface area contributed by atoms with Crippen LogP contribution in [-0.4, -0.2) is 39.2 Å². The Morgan fingerprint density at radius 3 is 2.41 bits per heavy atom. The van der Waals surface area contributed by atoms with Crippen molar-refractivity contribution in [1.82, 2.24) is 20.2 Å². The molecule has 0 unspecified atom stereocenters. The quantitative estimate of drug-likeness (QED) is 0.207. The highest BCUT2D eigenvalue weighted by molar-refractivity contribution is 7.99. The monoisotopic (exact) mass is 491 g/mol. The van der Waals surface area contributed by atoms with E-state index in [1.165, 1.54) is 11.8 Å². The maximum absolute atomic E-state index is 12.5. The summed E-state index contributed by atoms with van der Waals surface area (Å²) >= 11 is 7.21. The number of carbonyl (C=O) groups excluding carboxylic acids is 1. The molecule has 4 aromatic rings. The third kappa shape index (κ3) is 5.65. The summed E-state index contributed by atoms with van der Waals surface area (Å²) in [5.41, 5.74) is 5.95. The molecule has 0 aliphatic rings. The maximum Gasteiger partial charge on any atom is 0.250 e. The van der Waals surface area contributed by atoms with Crippen molar-refractivity contribution in [1.29, 1.82) is 0 Å². The minimum absolute atomic E-state index is 0.125. The predicted octanol–water partition coefficient (Wildman–Crippen LogP) is 5.23. The van der Waals surface area contributed by atoms with Gasteiger partial charge in [0.25, 0.3) is 5.91 Å². The Hall–Kier alpha value is -3.62. The molecule has 9 heteroatoms. The van der Waals surface area contributed by atoms with Gasteiger partial charge < -0.3 is 4.74 Å². The van der Waals surface area contributed by atoms with Crippen LogP contribution in [0, 0.1) is 0 Å². The van der Waals surface area contributed by atoms with Crippen LogP contribution in [0.1, 0.15) is 12.5 Å². The van der Waals surface area contributed by atoms with Crippen LogP contribution in [0.15, 0.2) is 89.1 Å². The number of rotatable bonds is 8. The molecule has 1 amide bonds. The second-order valence-corrected chi connectivity index (χ2v) is 8.61. The Bertz CT molecular complexity index is 1290. The van der Waals surface area contributed by atoms with Crippen molar-refractivity contribution in [3.8, 4) is 22.8 Å². The number of aromatic nitrogens is 3. The standard InChI is InChI=1S/C25H22ClN5O2S/c1-17(18-8-10-20(26)11-9-18)27-28-23(32)16-34-25-30-29-24(19-6-4-3-5-7-19)31(25)21-12-14-22(33-2)15-13-21/h3-15H,16H2,1-2H3,(H,28,32)/b27-17-. The average Bonchev–Trinajstić information content (AvgIpc) is 3.31. The lowest BCUT2D eigenvalue weighted by atomic mass is 10.1. The number of nitrogens with one attached hydrogen (secondary N) is 1. The molecule has 0 aliphatic heterocycles. The first kappa shape index (κ1) is 23.5. The van der Waals surface area contributed by atoms with E-state index in [0.717, 1.165) is 22.6 Å². The molecule has 1 aromatic heterocycles. The van der Waals surface area contributed by atoms with Gasteiger partial charge in [-0.05, 0) is 48.9 Å². The topological polar surface area (TPSA) is 81.4 Å². The Morgan fingerprint density at radius 2 is 1.74 bits per heavy atom. The zero-order valence-electron chi connectivity index (χ0n) is 18.6. The molecule has 4 rings (SSSR count). The molecule has 172 valence electrons. The molecule has 0 fully saturated rings. The van der Waals surface area contributed by atoms with E-state index in [4.69, 9.17) is 16.3 Å². The van der Waals surface area contributed by atoms with Gasteiger partial charge in [-0.15, -0.1) is 10.2 Å². The first-order valence-electron chi connectivity index (χ1n) is 10.4. The molecular formula is C25H22ClN5O2S. The van der Waals surface area contributed by atoms with Crippen LogP contribution >= 0.6 is 23.4 Å². The summed E-state index contributed by atoms with van der Waals surface area (Å²) in [6.07, 6.45) is 0. The number of hydrogen-bond acceptors (Lipinski definition) is 6. The van der Waals surface area contributed by atoms with E-state index in [1.54, 1.807) is 19.2 Å². The van der Waals surface area contributed by atoms with Gasteiger partial charge in [-0.3, -0.25) is 9.36 Å². The van der Waals surface area contributed by atoms with Gasteiger partial charge in [-0.1, -0.05) is 65.8 Å². The zero-order valence-corrected chi connectivity index (χ0v) is 20.2.